The molecule has 0 heterocycles. The second kappa shape index (κ2) is 6.18. The molecule has 1 rings (SSSR count). The van der Waals surface area contributed by atoms with E-state index in [9.17, 15) is 14.7 Å². The fraction of sp³-hybridized carbons (Fsp3) is 0.846. The van der Waals surface area contributed by atoms with Crippen LogP contribution >= 0.6 is 0 Å². The molecular formula is C13H24N2O3. The molecule has 18 heavy (non-hydrogen) atoms. The van der Waals surface area contributed by atoms with E-state index in [1.165, 1.54) is 0 Å². The molecule has 0 aromatic carbocycles. The molecule has 104 valence electrons. The fourth-order valence-corrected chi connectivity index (χ4v) is 2.71. The van der Waals surface area contributed by atoms with Gasteiger partial charge in [-0.1, -0.05) is 26.7 Å². The smallest absolute Gasteiger partial charge is 0.329 e. The summed E-state index contributed by atoms with van der Waals surface area (Å²) in [5, 5.41) is 12.2. The lowest BCUT2D eigenvalue weighted by Gasteiger charge is -2.37. The first kappa shape index (κ1) is 15.0. The third-order valence-corrected chi connectivity index (χ3v) is 3.92. The van der Waals surface area contributed by atoms with Crippen molar-refractivity contribution < 1.29 is 14.7 Å². The molecule has 1 fully saturated rings. The highest BCUT2D eigenvalue weighted by Crippen LogP contribution is 2.32. The summed E-state index contributed by atoms with van der Waals surface area (Å²) in [5.74, 6) is -1.11. The number of hydrogen-bond acceptors (Lipinski definition) is 3. The van der Waals surface area contributed by atoms with E-state index in [4.69, 9.17) is 5.73 Å². The number of hydrogen-bond donors (Lipinski definition) is 3. The van der Waals surface area contributed by atoms with Crippen LogP contribution in [0.3, 0.4) is 0 Å². The molecule has 1 aliphatic rings. The molecule has 3 unspecified atom stereocenters. The molecule has 0 aliphatic heterocycles. The van der Waals surface area contributed by atoms with Crippen molar-refractivity contribution in [1.82, 2.24) is 5.32 Å². The van der Waals surface area contributed by atoms with Crippen molar-refractivity contribution in [2.75, 3.05) is 6.54 Å². The molecule has 0 radical (unpaired) electrons. The highest BCUT2D eigenvalue weighted by atomic mass is 16.4. The van der Waals surface area contributed by atoms with E-state index in [0.717, 1.165) is 12.8 Å². The number of amides is 1. The fourth-order valence-electron chi connectivity index (χ4n) is 2.71. The van der Waals surface area contributed by atoms with E-state index >= 15 is 0 Å². The van der Waals surface area contributed by atoms with Gasteiger partial charge < -0.3 is 16.2 Å². The van der Waals surface area contributed by atoms with Crippen molar-refractivity contribution in [3.05, 3.63) is 0 Å². The predicted molar refractivity (Wildman–Crippen MR) is 69.0 cm³/mol. The van der Waals surface area contributed by atoms with E-state index in [1.807, 2.05) is 13.8 Å². The molecule has 1 amide bonds. The Morgan fingerprint density at radius 3 is 2.67 bits per heavy atom. The van der Waals surface area contributed by atoms with Gasteiger partial charge in [-0.2, -0.15) is 0 Å². The topological polar surface area (TPSA) is 92.4 Å². The summed E-state index contributed by atoms with van der Waals surface area (Å²) < 4.78 is 0. The SMILES string of the molecule is CCC(CN)C(=O)NC1(C(=O)O)CCCC(C)C1. The summed E-state index contributed by atoms with van der Waals surface area (Å²) in [5.41, 5.74) is 4.44. The third-order valence-electron chi connectivity index (χ3n) is 3.92. The molecule has 5 heteroatoms. The van der Waals surface area contributed by atoms with Crippen LogP contribution in [0.2, 0.25) is 0 Å². The van der Waals surface area contributed by atoms with E-state index in [2.05, 4.69) is 5.32 Å². The molecular weight excluding hydrogens is 232 g/mol. The zero-order valence-electron chi connectivity index (χ0n) is 11.2. The zero-order chi connectivity index (χ0) is 13.8. The number of rotatable bonds is 5. The maximum Gasteiger partial charge on any atom is 0.329 e. The maximum atomic E-state index is 12.0. The largest absolute Gasteiger partial charge is 0.480 e. The van der Waals surface area contributed by atoms with Crippen LogP contribution in [-0.2, 0) is 9.59 Å². The minimum absolute atomic E-state index is 0.225. The number of nitrogens with two attached hydrogens (primary N) is 1. The Kier molecular flexibility index (Phi) is 5.14. The Labute approximate surface area is 108 Å². The first-order valence-electron chi connectivity index (χ1n) is 6.70. The maximum absolute atomic E-state index is 12.0. The van der Waals surface area contributed by atoms with Crippen molar-refractivity contribution in [3.8, 4) is 0 Å². The van der Waals surface area contributed by atoms with Gasteiger partial charge in [0.2, 0.25) is 5.91 Å². The van der Waals surface area contributed by atoms with Gasteiger partial charge in [-0.25, -0.2) is 4.79 Å². The highest BCUT2D eigenvalue weighted by Gasteiger charge is 2.43. The monoisotopic (exact) mass is 256 g/mol. The molecule has 0 bridgehead atoms. The van der Waals surface area contributed by atoms with E-state index in [0.29, 0.717) is 25.2 Å². The minimum Gasteiger partial charge on any atom is -0.480 e. The van der Waals surface area contributed by atoms with Gasteiger partial charge >= 0.3 is 5.97 Å². The summed E-state index contributed by atoms with van der Waals surface area (Å²) in [7, 11) is 0. The number of carboxylic acids is 1. The average Bonchev–Trinajstić information content (AvgIpc) is 2.30. The van der Waals surface area contributed by atoms with Crippen LogP contribution in [0.25, 0.3) is 0 Å². The number of aliphatic carboxylic acids is 1. The van der Waals surface area contributed by atoms with Gasteiger partial charge in [0.15, 0.2) is 0 Å². The molecule has 4 N–H and O–H groups in total. The lowest BCUT2D eigenvalue weighted by Crippen LogP contribution is -2.58. The van der Waals surface area contributed by atoms with Gasteiger partial charge in [-0.15, -0.1) is 0 Å². The lowest BCUT2D eigenvalue weighted by molar-refractivity contribution is -0.150. The van der Waals surface area contributed by atoms with Crippen molar-refractivity contribution >= 4 is 11.9 Å². The van der Waals surface area contributed by atoms with Crippen LogP contribution in [0, 0.1) is 11.8 Å². The van der Waals surface area contributed by atoms with Crippen molar-refractivity contribution in [2.45, 2.75) is 51.5 Å². The number of carbonyl (C=O) groups is 2. The van der Waals surface area contributed by atoms with Crippen LogP contribution < -0.4 is 11.1 Å². The Bertz CT molecular complexity index is 315. The average molecular weight is 256 g/mol. The Hall–Kier alpha value is -1.10. The Morgan fingerprint density at radius 1 is 1.56 bits per heavy atom. The number of carbonyl (C=O) groups excluding carboxylic acids is 1. The number of nitrogens with one attached hydrogen (secondary N) is 1. The van der Waals surface area contributed by atoms with Crippen LogP contribution in [0.15, 0.2) is 0 Å². The van der Waals surface area contributed by atoms with Crippen LogP contribution in [0.1, 0.15) is 46.0 Å². The lowest BCUT2D eigenvalue weighted by atomic mass is 9.76. The highest BCUT2D eigenvalue weighted by molar-refractivity contribution is 5.88. The van der Waals surface area contributed by atoms with E-state index in [1.54, 1.807) is 0 Å². The molecule has 3 atom stereocenters. The summed E-state index contributed by atoms with van der Waals surface area (Å²) in [6.07, 6.45) is 3.52. The molecule has 1 saturated carbocycles. The van der Waals surface area contributed by atoms with Gasteiger partial charge in [0.1, 0.15) is 5.54 Å². The first-order chi connectivity index (χ1) is 8.45. The summed E-state index contributed by atoms with van der Waals surface area (Å²) >= 11 is 0. The molecule has 0 saturated heterocycles. The van der Waals surface area contributed by atoms with Gasteiger partial charge in [0, 0.05) is 12.5 Å². The molecule has 0 aromatic rings. The van der Waals surface area contributed by atoms with Gasteiger partial charge in [-0.05, 0) is 25.2 Å². The van der Waals surface area contributed by atoms with Crippen molar-refractivity contribution in [2.24, 2.45) is 17.6 Å². The second-order valence-corrected chi connectivity index (χ2v) is 5.42. The van der Waals surface area contributed by atoms with Gasteiger partial charge in [-0.3, -0.25) is 4.79 Å². The molecule has 0 spiro atoms. The van der Waals surface area contributed by atoms with E-state index < -0.39 is 11.5 Å². The third kappa shape index (κ3) is 3.22. The first-order valence-corrected chi connectivity index (χ1v) is 6.70. The second-order valence-electron chi connectivity index (χ2n) is 5.42. The molecule has 0 aromatic heterocycles. The Balaban J connectivity index is 2.80. The van der Waals surface area contributed by atoms with Crippen molar-refractivity contribution in [1.29, 1.82) is 0 Å². The van der Waals surface area contributed by atoms with Crippen molar-refractivity contribution in [3.63, 3.8) is 0 Å². The molecule has 1 aliphatic carbocycles. The minimum atomic E-state index is -1.09. The van der Waals surface area contributed by atoms with Crippen LogP contribution in [0.5, 0.6) is 0 Å². The molecule has 5 nitrogen and oxygen atoms in total. The summed E-state index contributed by atoms with van der Waals surface area (Å²) in [6, 6.07) is 0. The zero-order valence-corrected chi connectivity index (χ0v) is 11.2. The van der Waals surface area contributed by atoms with Crippen LogP contribution in [0.4, 0.5) is 0 Å². The predicted octanol–water partition coefficient (Wildman–Crippen LogP) is 1.12. The quantitative estimate of drug-likeness (QED) is 0.687. The van der Waals surface area contributed by atoms with E-state index in [-0.39, 0.29) is 18.4 Å². The number of carboxylic acid groups (broad SMARTS) is 1. The summed E-state index contributed by atoms with van der Waals surface area (Å²) in [4.78, 5) is 23.5. The Morgan fingerprint density at radius 2 is 2.22 bits per heavy atom. The standard InChI is InChI=1S/C13H24N2O3/c1-3-10(8-14)11(16)15-13(12(17)18)6-4-5-9(2)7-13/h9-10H,3-8,14H2,1-2H3,(H,15,16)(H,17,18). The van der Waals surface area contributed by atoms with Crippen LogP contribution in [-0.4, -0.2) is 29.1 Å². The summed E-state index contributed by atoms with van der Waals surface area (Å²) in [6.45, 7) is 4.17. The van der Waals surface area contributed by atoms with Gasteiger partial charge in [0.25, 0.3) is 0 Å². The normalized spacial score (nSPS) is 29.6. The van der Waals surface area contributed by atoms with Gasteiger partial charge in [0.05, 0.1) is 0 Å².